The number of fused-ring (bicyclic) bond motifs is 1. The van der Waals surface area contributed by atoms with Gasteiger partial charge in [-0.05, 0) is 59.7 Å². The Morgan fingerprint density at radius 3 is 2.59 bits per heavy atom. The van der Waals surface area contributed by atoms with E-state index in [1.54, 1.807) is 23.4 Å². The first-order valence-corrected chi connectivity index (χ1v) is 14.7. The summed E-state index contributed by atoms with van der Waals surface area (Å²) >= 11 is 0. The highest BCUT2D eigenvalue weighted by molar-refractivity contribution is 6.10. The standard InChI is InChI=1S/C32H33F5N6O/c1-20-16-42(9-7-31(20,33)34)17-22-10-25-26(27(11-22)32(35,36)37)18-43(29(25)44)24-5-3-4-23(12-24)30(13-21(14-30)6-8-38)15-28-40-39-19-41(28)2/h3-5,10-12,19-21H,6-7,9,13-18H2,1-2H3/t20-,21?,30?/m1/s1. The molecule has 0 spiro atoms. The summed E-state index contributed by atoms with van der Waals surface area (Å²) in [5.74, 6) is -3.25. The highest BCUT2D eigenvalue weighted by Gasteiger charge is 2.47. The lowest BCUT2D eigenvalue weighted by atomic mass is 9.56. The Kier molecular flexibility index (Phi) is 7.51. The van der Waals surface area contributed by atoms with Gasteiger partial charge in [-0.25, -0.2) is 8.78 Å². The fourth-order valence-electron chi connectivity index (χ4n) is 7.16. The number of piperidine rings is 1. The van der Waals surface area contributed by atoms with Crippen LogP contribution in [0.3, 0.4) is 0 Å². The predicted molar refractivity (Wildman–Crippen MR) is 152 cm³/mol. The number of anilines is 1. The number of hydrogen-bond acceptors (Lipinski definition) is 5. The van der Waals surface area contributed by atoms with Crippen LogP contribution in [0.15, 0.2) is 42.7 Å². The molecule has 6 rings (SSSR count). The van der Waals surface area contributed by atoms with Gasteiger partial charge in [0.2, 0.25) is 0 Å². The molecule has 1 atom stereocenters. The number of carbonyl (C=O) groups excluding carboxylic acids is 1. The van der Waals surface area contributed by atoms with E-state index in [1.807, 2.05) is 23.7 Å². The summed E-state index contributed by atoms with van der Waals surface area (Å²) in [6, 6.07) is 12.1. The van der Waals surface area contributed by atoms with Gasteiger partial charge in [0.05, 0.1) is 18.2 Å². The van der Waals surface area contributed by atoms with Crippen molar-refractivity contribution in [3.63, 3.8) is 0 Å². The highest BCUT2D eigenvalue weighted by Crippen LogP contribution is 2.52. The third-order valence-corrected chi connectivity index (χ3v) is 9.64. The number of aromatic nitrogens is 3. The van der Waals surface area contributed by atoms with E-state index in [9.17, 15) is 32.0 Å². The molecule has 12 heteroatoms. The number of benzene rings is 2. The van der Waals surface area contributed by atoms with E-state index in [4.69, 9.17) is 0 Å². The minimum Gasteiger partial charge on any atom is -0.321 e. The molecule has 3 aromatic rings. The van der Waals surface area contributed by atoms with Crippen molar-refractivity contribution in [2.45, 2.75) is 69.6 Å². The van der Waals surface area contributed by atoms with E-state index in [0.717, 1.165) is 30.3 Å². The lowest BCUT2D eigenvalue weighted by molar-refractivity contribution is -0.138. The number of rotatable bonds is 7. The van der Waals surface area contributed by atoms with Crippen molar-refractivity contribution in [3.05, 3.63) is 76.4 Å². The summed E-state index contributed by atoms with van der Waals surface area (Å²) < 4.78 is 72.9. The van der Waals surface area contributed by atoms with Crippen LogP contribution >= 0.6 is 0 Å². The molecule has 1 aromatic heterocycles. The SMILES string of the molecule is C[C@@H]1CN(Cc2cc3c(c(C(F)(F)F)c2)CN(c2cccc(C4(Cc5nncn5C)CC(CC#N)C4)c2)C3=O)CCC1(F)F. The van der Waals surface area contributed by atoms with Crippen LogP contribution in [-0.4, -0.2) is 44.6 Å². The fraction of sp³-hybridized carbons (Fsp3) is 0.500. The van der Waals surface area contributed by atoms with Crippen molar-refractivity contribution in [2.75, 3.05) is 18.0 Å². The van der Waals surface area contributed by atoms with E-state index in [1.165, 1.54) is 17.9 Å². The Morgan fingerprint density at radius 1 is 1.16 bits per heavy atom. The number of nitrogens with zero attached hydrogens (tertiary/aromatic N) is 6. The average molecular weight is 613 g/mol. The number of likely N-dealkylation sites (tertiary alicyclic amines) is 1. The first-order chi connectivity index (χ1) is 20.8. The molecule has 1 saturated heterocycles. The van der Waals surface area contributed by atoms with Gasteiger partial charge >= 0.3 is 6.18 Å². The Balaban J connectivity index is 1.30. The second-order valence-corrected chi connectivity index (χ2v) is 12.7. The van der Waals surface area contributed by atoms with Crippen LogP contribution in [0.1, 0.15) is 71.0 Å². The van der Waals surface area contributed by atoms with Gasteiger partial charge in [0.15, 0.2) is 0 Å². The van der Waals surface area contributed by atoms with Crippen molar-refractivity contribution in [1.82, 2.24) is 19.7 Å². The highest BCUT2D eigenvalue weighted by atomic mass is 19.4. The van der Waals surface area contributed by atoms with E-state index in [-0.39, 0.29) is 60.6 Å². The molecule has 0 N–H and O–H groups in total. The number of alkyl halides is 5. The van der Waals surface area contributed by atoms with Crippen LogP contribution in [0.25, 0.3) is 0 Å². The van der Waals surface area contributed by atoms with E-state index in [2.05, 4.69) is 16.3 Å². The van der Waals surface area contributed by atoms with E-state index < -0.39 is 29.5 Å². The van der Waals surface area contributed by atoms with Crippen LogP contribution in [0, 0.1) is 23.2 Å². The lowest BCUT2D eigenvalue weighted by Gasteiger charge is -2.48. The summed E-state index contributed by atoms with van der Waals surface area (Å²) in [4.78, 5) is 16.8. The van der Waals surface area contributed by atoms with Crippen LogP contribution < -0.4 is 4.90 Å². The van der Waals surface area contributed by atoms with Crippen LogP contribution in [-0.2, 0) is 38.1 Å². The Morgan fingerprint density at radius 2 is 1.93 bits per heavy atom. The predicted octanol–water partition coefficient (Wildman–Crippen LogP) is 6.28. The zero-order valence-electron chi connectivity index (χ0n) is 24.5. The van der Waals surface area contributed by atoms with Crippen LogP contribution in [0.4, 0.5) is 27.6 Å². The summed E-state index contributed by atoms with van der Waals surface area (Å²) in [7, 11) is 1.86. The van der Waals surface area contributed by atoms with Gasteiger partial charge in [-0.1, -0.05) is 19.1 Å². The van der Waals surface area contributed by atoms with Gasteiger partial charge in [0, 0.05) is 68.5 Å². The van der Waals surface area contributed by atoms with Gasteiger partial charge in [0.1, 0.15) is 12.2 Å². The third kappa shape index (κ3) is 5.47. The Labute approximate surface area is 252 Å². The molecule has 1 saturated carbocycles. The van der Waals surface area contributed by atoms with Crippen molar-refractivity contribution in [1.29, 1.82) is 5.26 Å². The monoisotopic (exact) mass is 612 g/mol. The molecule has 7 nitrogen and oxygen atoms in total. The number of halogens is 5. The summed E-state index contributed by atoms with van der Waals surface area (Å²) in [5, 5.41) is 17.5. The largest absolute Gasteiger partial charge is 0.416 e. The number of nitriles is 1. The number of aryl methyl sites for hydroxylation is 1. The van der Waals surface area contributed by atoms with Crippen LogP contribution in [0.5, 0.6) is 0 Å². The number of amides is 1. The molecule has 0 radical (unpaired) electrons. The molecule has 0 bridgehead atoms. The second-order valence-electron chi connectivity index (χ2n) is 12.7. The quantitative estimate of drug-likeness (QED) is 0.294. The molecular weight excluding hydrogens is 579 g/mol. The minimum absolute atomic E-state index is 0.0119. The molecule has 2 aromatic carbocycles. The van der Waals surface area contributed by atoms with E-state index in [0.29, 0.717) is 18.5 Å². The van der Waals surface area contributed by atoms with Gasteiger partial charge in [-0.15, -0.1) is 10.2 Å². The zero-order valence-corrected chi connectivity index (χ0v) is 24.5. The van der Waals surface area contributed by atoms with Gasteiger partial charge in [-0.3, -0.25) is 9.69 Å². The maximum Gasteiger partial charge on any atom is 0.416 e. The van der Waals surface area contributed by atoms with Gasteiger partial charge in [-0.2, -0.15) is 18.4 Å². The smallest absolute Gasteiger partial charge is 0.321 e. The minimum atomic E-state index is -4.69. The zero-order chi connectivity index (χ0) is 31.4. The average Bonchev–Trinajstić information content (AvgIpc) is 3.50. The fourth-order valence-corrected chi connectivity index (χ4v) is 7.16. The molecule has 44 heavy (non-hydrogen) atoms. The van der Waals surface area contributed by atoms with Crippen molar-refractivity contribution < 1.29 is 26.7 Å². The molecular formula is C32H33F5N6O. The molecule has 1 amide bonds. The summed E-state index contributed by atoms with van der Waals surface area (Å²) in [6.45, 7) is 1.38. The number of hydrogen-bond donors (Lipinski definition) is 0. The normalized spacial score (nSPS) is 25.0. The van der Waals surface area contributed by atoms with E-state index >= 15 is 0 Å². The molecule has 1 aliphatic carbocycles. The Hall–Kier alpha value is -3.85. The lowest BCUT2D eigenvalue weighted by Crippen LogP contribution is -2.45. The van der Waals surface area contributed by atoms with Gasteiger partial charge < -0.3 is 9.47 Å². The molecule has 2 fully saturated rings. The Bertz CT molecular complexity index is 1620. The third-order valence-electron chi connectivity index (χ3n) is 9.64. The van der Waals surface area contributed by atoms with Gasteiger partial charge in [0.25, 0.3) is 11.8 Å². The molecule has 3 heterocycles. The topological polar surface area (TPSA) is 78.1 Å². The number of carbonyl (C=O) groups is 1. The molecule has 3 aliphatic rings. The van der Waals surface area contributed by atoms with Crippen molar-refractivity contribution in [2.24, 2.45) is 18.9 Å². The van der Waals surface area contributed by atoms with Crippen LogP contribution in [0.2, 0.25) is 0 Å². The van der Waals surface area contributed by atoms with Crippen molar-refractivity contribution in [3.8, 4) is 6.07 Å². The molecule has 0 unspecified atom stereocenters. The maximum atomic E-state index is 14.3. The first-order valence-electron chi connectivity index (χ1n) is 14.7. The second kappa shape index (κ2) is 10.9. The first kappa shape index (κ1) is 30.2. The maximum absolute atomic E-state index is 14.3. The van der Waals surface area contributed by atoms with Crippen molar-refractivity contribution >= 4 is 11.6 Å². The summed E-state index contributed by atoms with van der Waals surface area (Å²) in [5.41, 5.74) is 0.391. The summed E-state index contributed by atoms with van der Waals surface area (Å²) in [6.07, 6.45) is -0.931. The molecule has 232 valence electrons. The molecule has 2 aliphatic heterocycles.